The van der Waals surface area contributed by atoms with Gasteiger partial charge < -0.3 is 5.73 Å². The van der Waals surface area contributed by atoms with Crippen molar-refractivity contribution in [1.82, 2.24) is 14.7 Å². The highest BCUT2D eigenvalue weighted by Crippen LogP contribution is 2.20. The first kappa shape index (κ1) is 11.2. The maximum Gasteiger partial charge on any atom is 0.0641 e. The summed E-state index contributed by atoms with van der Waals surface area (Å²) in [5.74, 6) is 0. The molecule has 0 aromatic carbocycles. The summed E-state index contributed by atoms with van der Waals surface area (Å²) >= 11 is 0. The van der Waals surface area contributed by atoms with Gasteiger partial charge in [-0.3, -0.25) is 9.58 Å². The Morgan fingerprint density at radius 1 is 1.64 bits per heavy atom. The summed E-state index contributed by atoms with van der Waals surface area (Å²) in [6, 6.07) is 0.382. The summed E-state index contributed by atoms with van der Waals surface area (Å²) in [5.41, 5.74) is 7.91. The normalized spacial score (nSPS) is 13.6. The molecule has 14 heavy (non-hydrogen) atoms. The molecule has 0 aliphatic carbocycles. The van der Waals surface area contributed by atoms with E-state index in [9.17, 15) is 0 Å². The third-order valence-corrected chi connectivity index (χ3v) is 2.64. The zero-order valence-electron chi connectivity index (χ0n) is 9.49. The molecule has 0 fully saturated rings. The van der Waals surface area contributed by atoms with Crippen LogP contribution in [0.5, 0.6) is 0 Å². The van der Waals surface area contributed by atoms with Crippen LogP contribution in [0.25, 0.3) is 0 Å². The van der Waals surface area contributed by atoms with Crippen LogP contribution >= 0.6 is 0 Å². The zero-order chi connectivity index (χ0) is 10.7. The first-order chi connectivity index (χ1) is 6.56. The van der Waals surface area contributed by atoms with Crippen LogP contribution in [0.15, 0.2) is 6.20 Å². The van der Waals surface area contributed by atoms with Crippen LogP contribution in [0.2, 0.25) is 0 Å². The van der Waals surface area contributed by atoms with Gasteiger partial charge in [-0.05, 0) is 20.9 Å². The van der Waals surface area contributed by atoms with E-state index in [-0.39, 0.29) is 0 Å². The molecule has 0 spiro atoms. The SMILES string of the molecule is Cc1nn(C)cc1C(C)N(C)CCN. The number of hydrogen-bond donors (Lipinski definition) is 1. The minimum atomic E-state index is 0.382. The molecular weight excluding hydrogens is 176 g/mol. The zero-order valence-corrected chi connectivity index (χ0v) is 9.49. The Bertz CT molecular complexity index is 292. The maximum atomic E-state index is 5.53. The average molecular weight is 196 g/mol. The van der Waals surface area contributed by atoms with Crippen molar-refractivity contribution in [1.29, 1.82) is 0 Å². The van der Waals surface area contributed by atoms with Gasteiger partial charge in [0.1, 0.15) is 0 Å². The Kier molecular flexibility index (Phi) is 3.66. The number of nitrogens with zero attached hydrogens (tertiary/aromatic N) is 3. The summed E-state index contributed by atoms with van der Waals surface area (Å²) in [6.45, 7) is 5.83. The molecule has 0 saturated carbocycles. The third-order valence-electron chi connectivity index (χ3n) is 2.64. The van der Waals surface area contributed by atoms with E-state index in [2.05, 4.69) is 30.2 Å². The summed E-state index contributed by atoms with van der Waals surface area (Å²) in [4.78, 5) is 2.24. The number of rotatable bonds is 4. The molecule has 1 aromatic heterocycles. The van der Waals surface area contributed by atoms with E-state index < -0.39 is 0 Å². The predicted molar refractivity (Wildman–Crippen MR) is 58.0 cm³/mol. The van der Waals surface area contributed by atoms with E-state index in [1.807, 2.05) is 18.7 Å². The molecule has 1 atom stereocenters. The van der Waals surface area contributed by atoms with Gasteiger partial charge in [0.25, 0.3) is 0 Å². The standard InChI is InChI=1S/C10H20N4/c1-8-10(7-14(4)12-8)9(2)13(3)6-5-11/h7,9H,5-6,11H2,1-4H3. The number of aryl methyl sites for hydroxylation is 2. The Morgan fingerprint density at radius 2 is 2.29 bits per heavy atom. The number of aromatic nitrogens is 2. The fourth-order valence-corrected chi connectivity index (χ4v) is 1.66. The van der Waals surface area contributed by atoms with E-state index in [0.717, 1.165) is 12.2 Å². The second-order valence-corrected chi connectivity index (χ2v) is 3.79. The fourth-order valence-electron chi connectivity index (χ4n) is 1.66. The topological polar surface area (TPSA) is 47.1 Å². The van der Waals surface area contributed by atoms with Crippen LogP contribution in [0.3, 0.4) is 0 Å². The van der Waals surface area contributed by atoms with Crippen LogP contribution in [-0.2, 0) is 7.05 Å². The molecule has 0 saturated heterocycles. The Hall–Kier alpha value is -0.870. The molecular formula is C10H20N4. The number of likely N-dealkylation sites (N-methyl/N-ethyl adjacent to an activating group) is 1. The third kappa shape index (κ3) is 2.33. The Morgan fingerprint density at radius 3 is 2.71 bits per heavy atom. The average Bonchev–Trinajstić information content (AvgIpc) is 2.44. The van der Waals surface area contributed by atoms with Gasteiger partial charge in [0.2, 0.25) is 0 Å². The van der Waals surface area contributed by atoms with E-state index in [1.165, 1.54) is 5.56 Å². The summed E-state index contributed by atoms with van der Waals surface area (Å²) in [6.07, 6.45) is 2.08. The lowest BCUT2D eigenvalue weighted by molar-refractivity contribution is 0.268. The van der Waals surface area contributed by atoms with Crippen molar-refractivity contribution in [3.05, 3.63) is 17.5 Å². The molecule has 0 aliphatic heterocycles. The van der Waals surface area contributed by atoms with Crippen molar-refractivity contribution in [2.24, 2.45) is 12.8 Å². The van der Waals surface area contributed by atoms with Gasteiger partial charge in [-0.15, -0.1) is 0 Å². The second-order valence-electron chi connectivity index (χ2n) is 3.79. The highest BCUT2D eigenvalue weighted by atomic mass is 15.3. The molecule has 4 heteroatoms. The van der Waals surface area contributed by atoms with Gasteiger partial charge in [-0.2, -0.15) is 5.10 Å². The minimum absolute atomic E-state index is 0.382. The number of nitrogens with two attached hydrogens (primary N) is 1. The van der Waals surface area contributed by atoms with Gasteiger partial charge in [0, 0.05) is 37.9 Å². The Balaban J connectivity index is 2.77. The molecule has 0 aliphatic rings. The molecule has 1 rings (SSSR count). The van der Waals surface area contributed by atoms with E-state index in [4.69, 9.17) is 5.73 Å². The lowest BCUT2D eigenvalue weighted by Gasteiger charge is -2.23. The van der Waals surface area contributed by atoms with Crippen molar-refractivity contribution >= 4 is 0 Å². The van der Waals surface area contributed by atoms with Crippen LogP contribution in [0, 0.1) is 6.92 Å². The molecule has 80 valence electrons. The number of hydrogen-bond acceptors (Lipinski definition) is 3. The van der Waals surface area contributed by atoms with Crippen molar-refractivity contribution in [3.8, 4) is 0 Å². The van der Waals surface area contributed by atoms with Gasteiger partial charge in [-0.1, -0.05) is 0 Å². The monoisotopic (exact) mass is 196 g/mol. The molecule has 1 heterocycles. The molecule has 4 nitrogen and oxygen atoms in total. The van der Waals surface area contributed by atoms with Gasteiger partial charge in [0.15, 0.2) is 0 Å². The first-order valence-electron chi connectivity index (χ1n) is 4.96. The highest BCUT2D eigenvalue weighted by molar-refractivity contribution is 5.19. The van der Waals surface area contributed by atoms with Crippen LogP contribution in [0.1, 0.15) is 24.2 Å². The lowest BCUT2D eigenvalue weighted by atomic mass is 10.1. The largest absolute Gasteiger partial charge is 0.329 e. The van der Waals surface area contributed by atoms with Crippen molar-refractivity contribution < 1.29 is 0 Å². The van der Waals surface area contributed by atoms with Crippen LogP contribution in [0.4, 0.5) is 0 Å². The first-order valence-corrected chi connectivity index (χ1v) is 4.96. The van der Waals surface area contributed by atoms with Gasteiger partial charge in [0.05, 0.1) is 5.69 Å². The summed E-state index contributed by atoms with van der Waals surface area (Å²) < 4.78 is 1.86. The van der Waals surface area contributed by atoms with Crippen molar-refractivity contribution in [3.63, 3.8) is 0 Å². The van der Waals surface area contributed by atoms with Crippen LogP contribution in [-0.4, -0.2) is 34.8 Å². The van der Waals surface area contributed by atoms with Gasteiger partial charge >= 0.3 is 0 Å². The maximum absolute atomic E-state index is 5.53. The fraction of sp³-hybridized carbons (Fsp3) is 0.700. The molecule has 0 amide bonds. The van der Waals surface area contributed by atoms with E-state index >= 15 is 0 Å². The molecule has 0 radical (unpaired) electrons. The minimum Gasteiger partial charge on any atom is -0.329 e. The predicted octanol–water partition coefficient (Wildman–Crippen LogP) is 0.680. The van der Waals surface area contributed by atoms with E-state index in [1.54, 1.807) is 0 Å². The summed E-state index contributed by atoms with van der Waals surface area (Å²) in [7, 11) is 4.04. The Labute approximate surface area is 85.7 Å². The quantitative estimate of drug-likeness (QED) is 0.770. The molecule has 1 aromatic rings. The van der Waals surface area contributed by atoms with E-state index in [0.29, 0.717) is 12.6 Å². The molecule has 0 bridgehead atoms. The van der Waals surface area contributed by atoms with Crippen molar-refractivity contribution in [2.75, 3.05) is 20.1 Å². The second kappa shape index (κ2) is 4.57. The van der Waals surface area contributed by atoms with Crippen molar-refractivity contribution in [2.45, 2.75) is 19.9 Å². The summed E-state index contributed by atoms with van der Waals surface area (Å²) in [5, 5.41) is 4.33. The molecule has 2 N–H and O–H groups in total. The van der Waals surface area contributed by atoms with Crippen LogP contribution < -0.4 is 5.73 Å². The van der Waals surface area contributed by atoms with Gasteiger partial charge in [-0.25, -0.2) is 0 Å². The lowest BCUT2D eigenvalue weighted by Crippen LogP contribution is -2.28. The smallest absolute Gasteiger partial charge is 0.0641 e. The highest BCUT2D eigenvalue weighted by Gasteiger charge is 2.15. The molecule has 1 unspecified atom stereocenters.